The van der Waals surface area contributed by atoms with Crippen LogP contribution >= 0.6 is 0 Å². The zero-order valence-electron chi connectivity index (χ0n) is 10.4. The molecule has 17 heavy (non-hydrogen) atoms. The van der Waals surface area contributed by atoms with Crippen LogP contribution in [0.25, 0.3) is 0 Å². The van der Waals surface area contributed by atoms with Crippen LogP contribution in [0.15, 0.2) is 4.52 Å². The van der Waals surface area contributed by atoms with Gasteiger partial charge in [-0.3, -0.25) is 0 Å². The van der Waals surface area contributed by atoms with E-state index in [0.29, 0.717) is 19.1 Å². The Morgan fingerprint density at radius 3 is 2.76 bits per heavy atom. The van der Waals surface area contributed by atoms with E-state index in [1.54, 1.807) is 0 Å². The van der Waals surface area contributed by atoms with Gasteiger partial charge in [0, 0.05) is 12.0 Å². The first-order valence-corrected chi connectivity index (χ1v) is 6.40. The maximum Gasteiger partial charge on any atom is 0.252 e. The molecule has 96 valence electrons. The van der Waals surface area contributed by atoms with Gasteiger partial charge in [-0.25, -0.2) is 0 Å². The summed E-state index contributed by atoms with van der Waals surface area (Å²) in [6.07, 6.45) is 6.60. The van der Waals surface area contributed by atoms with Crippen molar-refractivity contribution in [2.45, 2.75) is 57.6 Å². The number of hydrogen-bond acceptors (Lipinski definition) is 5. The highest BCUT2D eigenvalue weighted by molar-refractivity contribution is 4.88. The molecule has 0 unspecified atom stereocenters. The second-order valence-electron chi connectivity index (χ2n) is 4.87. The van der Waals surface area contributed by atoms with Gasteiger partial charge in [0.05, 0.1) is 6.61 Å². The van der Waals surface area contributed by atoms with E-state index in [1.807, 2.05) is 6.92 Å². The molecule has 0 atom stereocenters. The molecule has 0 bridgehead atoms. The van der Waals surface area contributed by atoms with Crippen LogP contribution in [0.4, 0.5) is 0 Å². The molecule has 1 saturated carbocycles. The Morgan fingerprint density at radius 2 is 2.12 bits per heavy atom. The van der Waals surface area contributed by atoms with Crippen molar-refractivity contribution >= 4 is 0 Å². The van der Waals surface area contributed by atoms with Crippen molar-refractivity contribution < 1.29 is 9.26 Å². The number of rotatable bonds is 5. The van der Waals surface area contributed by atoms with E-state index in [1.165, 1.54) is 19.3 Å². The van der Waals surface area contributed by atoms with E-state index in [2.05, 4.69) is 10.1 Å². The van der Waals surface area contributed by atoms with Crippen molar-refractivity contribution in [1.29, 1.82) is 0 Å². The molecule has 0 spiro atoms. The summed E-state index contributed by atoms with van der Waals surface area (Å²) in [7, 11) is 0. The molecule has 1 fully saturated rings. The minimum Gasteiger partial charge on any atom is -0.370 e. The molecule has 0 amide bonds. The van der Waals surface area contributed by atoms with Gasteiger partial charge in [0.15, 0.2) is 5.82 Å². The molecular formula is C12H21N3O2. The Bertz CT molecular complexity index is 345. The molecule has 1 heterocycles. The number of aromatic nitrogens is 2. The van der Waals surface area contributed by atoms with Gasteiger partial charge in [0.1, 0.15) is 6.61 Å². The fourth-order valence-electron chi connectivity index (χ4n) is 2.23. The summed E-state index contributed by atoms with van der Waals surface area (Å²) in [5, 5.41) is 3.82. The minimum atomic E-state index is -0.147. The first-order valence-electron chi connectivity index (χ1n) is 6.40. The molecule has 0 aromatic carbocycles. The first kappa shape index (κ1) is 12.5. The van der Waals surface area contributed by atoms with Crippen molar-refractivity contribution in [2.75, 3.05) is 6.61 Å². The van der Waals surface area contributed by atoms with Crippen LogP contribution in [-0.4, -0.2) is 22.3 Å². The highest BCUT2D eigenvalue weighted by Gasteiger charge is 2.27. The fourth-order valence-corrected chi connectivity index (χ4v) is 2.23. The molecule has 5 nitrogen and oxygen atoms in total. The summed E-state index contributed by atoms with van der Waals surface area (Å²) in [4.78, 5) is 4.19. The monoisotopic (exact) mass is 239 g/mol. The van der Waals surface area contributed by atoms with Gasteiger partial charge in [-0.15, -0.1) is 0 Å². The average molecular weight is 239 g/mol. The Kier molecular flexibility index (Phi) is 4.12. The summed E-state index contributed by atoms with van der Waals surface area (Å²) in [5.74, 6) is 1.27. The van der Waals surface area contributed by atoms with Crippen molar-refractivity contribution in [2.24, 2.45) is 5.73 Å². The van der Waals surface area contributed by atoms with Crippen LogP contribution < -0.4 is 5.73 Å². The number of ether oxygens (including phenoxy) is 1. The second kappa shape index (κ2) is 5.60. The molecule has 0 radical (unpaired) electrons. The van der Waals surface area contributed by atoms with E-state index < -0.39 is 0 Å². The molecular weight excluding hydrogens is 218 g/mol. The standard InChI is InChI=1S/C12H21N3O2/c1-2-10-14-11(17-15-10)8-16-9-12(13)6-4-3-5-7-12/h2-9,13H2,1H3. The largest absolute Gasteiger partial charge is 0.370 e. The lowest BCUT2D eigenvalue weighted by Gasteiger charge is -2.32. The van der Waals surface area contributed by atoms with Crippen molar-refractivity contribution in [1.82, 2.24) is 10.1 Å². The van der Waals surface area contributed by atoms with Gasteiger partial charge in [-0.1, -0.05) is 31.3 Å². The van der Waals surface area contributed by atoms with E-state index in [-0.39, 0.29) is 5.54 Å². The summed E-state index contributed by atoms with van der Waals surface area (Å²) in [6, 6.07) is 0. The fraction of sp³-hybridized carbons (Fsp3) is 0.833. The molecule has 0 aliphatic heterocycles. The number of aryl methyl sites for hydroxylation is 1. The van der Waals surface area contributed by atoms with Crippen LogP contribution in [0.5, 0.6) is 0 Å². The third kappa shape index (κ3) is 3.51. The number of nitrogens with zero attached hydrogens (tertiary/aromatic N) is 2. The predicted octanol–water partition coefficient (Wildman–Crippen LogP) is 1.81. The minimum absolute atomic E-state index is 0.147. The normalized spacial score (nSPS) is 19.4. The van der Waals surface area contributed by atoms with Gasteiger partial charge in [-0.2, -0.15) is 4.98 Å². The van der Waals surface area contributed by atoms with Crippen molar-refractivity contribution in [3.8, 4) is 0 Å². The second-order valence-corrected chi connectivity index (χ2v) is 4.87. The Balaban J connectivity index is 1.74. The van der Waals surface area contributed by atoms with Crippen LogP contribution in [0, 0.1) is 0 Å². The van der Waals surface area contributed by atoms with Gasteiger partial charge in [-0.05, 0) is 12.8 Å². The number of hydrogen-bond donors (Lipinski definition) is 1. The Morgan fingerprint density at radius 1 is 1.35 bits per heavy atom. The molecule has 2 N–H and O–H groups in total. The lowest BCUT2D eigenvalue weighted by atomic mass is 9.83. The Hall–Kier alpha value is -0.940. The smallest absolute Gasteiger partial charge is 0.252 e. The molecule has 5 heteroatoms. The van der Waals surface area contributed by atoms with E-state index in [0.717, 1.165) is 25.1 Å². The van der Waals surface area contributed by atoms with Gasteiger partial charge in [0.2, 0.25) is 0 Å². The summed E-state index contributed by atoms with van der Waals surface area (Å²) in [6.45, 7) is 2.94. The lowest BCUT2D eigenvalue weighted by Crippen LogP contribution is -2.46. The molecule has 1 aliphatic rings. The van der Waals surface area contributed by atoms with E-state index in [9.17, 15) is 0 Å². The number of nitrogens with two attached hydrogens (primary N) is 1. The molecule has 2 rings (SSSR count). The van der Waals surface area contributed by atoms with Crippen LogP contribution in [0.3, 0.4) is 0 Å². The van der Waals surface area contributed by atoms with Crippen LogP contribution in [-0.2, 0) is 17.8 Å². The van der Waals surface area contributed by atoms with Crippen molar-refractivity contribution in [3.05, 3.63) is 11.7 Å². The molecule has 1 aromatic heterocycles. The maximum absolute atomic E-state index is 6.26. The maximum atomic E-state index is 6.26. The van der Waals surface area contributed by atoms with Crippen LogP contribution in [0.1, 0.15) is 50.7 Å². The average Bonchev–Trinajstić information content (AvgIpc) is 2.78. The first-order chi connectivity index (χ1) is 8.22. The predicted molar refractivity (Wildman–Crippen MR) is 63.3 cm³/mol. The SMILES string of the molecule is CCc1noc(COCC2(N)CCCCC2)n1. The van der Waals surface area contributed by atoms with Gasteiger partial charge >= 0.3 is 0 Å². The van der Waals surface area contributed by atoms with Crippen molar-refractivity contribution in [3.63, 3.8) is 0 Å². The summed E-state index contributed by atoms with van der Waals surface area (Å²) >= 11 is 0. The quantitative estimate of drug-likeness (QED) is 0.848. The third-order valence-corrected chi connectivity index (χ3v) is 3.29. The zero-order valence-corrected chi connectivity index (χ0v) is 10.4. The van der Waals surface area contributed by atoms with Crippen LogP contribution in [0.2, 0.25) is 0 Å². The summed E-state index contributed by atoms with van der Waals surface area (Å²) < 4.78 is 10.6. The third-order valence-electron chi connectivity index (χ3n) is 3.29. The lowest BCUT2D eigenvalue weighted by molar-refractivity contribution is 0.0439. The Labute approximate surface area is 102 Å². The molecule has 1 aliphatic carbocycles. The molecule has 0 saturated heterocycles. The van der Waals surface area contributed by atoms with Gasteiger partial charge < -0.3 is 15.0 Å². The van der Waals surface area contributed by atoms with Gasteiger partial charge in [0.25, 0.3) is 5.89 Å². The summed E-state index contributed by atoms with van der Waals surface area (Å²) in [5.41, 5.74) is 6.12. The topological polar surface area (TPSA) is 74.2 Å². The van der Waals surface area contributed by atoms with E-state index in [4.69, 9.17) is 15.0 Å². The highest BCUT2D eigenvalue weighted by Crippen LogP contribution is 2.26. The van der Waals surface area contributed by atoms with E-state index >= 15 is 0 Å². The highest BCUT2D eigenvalue weighted by atomic mass is 16.5. The zero-order chi connectivity index (χ0) is 12.1. The molecule has 1 aromatic rings.